The fourth-order valence-electron chi connectivity index (χ4n) is 4.03. The van der Waals surface area contributed by atoms with Crippen molar-refractivity contribution in [3.8, 4) is 0 Å². The molecule has 0 amide bonds. The molecule has 0 aliphatic heterocycles. The van der Waals surface area contributed by atoms with E-state index in [0.29, 0.717) is 0 Å². The van der Waals surface area contributed by atoms with Crippen molar-refractivity contribution in [3.63, 3.8) is 0 Å². The molecule has 0 aromatic heterocycles. The summed E-state index contributed by atoms with van der Waals surface area (Å²) < 4.78 is 0.904. The Hall–Kier alpha value is -0.120. The summed E-state index contributed by atoms with van der Waals surface area (Å²) >= 11 is 0. The molecule has 0 aliphatic rings. The Morgan fingerprint density at radius 3 is 1.20 bits per heavy atom. The predicted molar refractivity (Wildman–Crippen MR) is 110 cm³/mol. The molecule has 0 saturated carbocycles. The summed E-state index contributed by atoms with van der Waals surface area (Å²) in [6, 6.07) is 0. The lowest BCUT2D eigenvalue weighted by atomic mass is 10.0. The summed E-state index contributed by atoms with van der Waals surface area (Å²) in [6.45, 7) is 8.75. The normalized spacial score (nSPS) is 12.0. The smallest absolute Gasteiger partial charge is 0.102 e. The SMILES string of the molecule is CCCCCCCCCCCCCCC[N+](CCC)(CCO)CCO. The van der Waals surface area contributed by atoms with Crippen molar-refractivity contribution < 1.29 is 14.7 Å². The third-order valence-corrected chi connectivity index (χ3v) is 5.58. The van der Waals surface area contributed by atoms with E-state index in [1.54, 1.807) is 0 Å². The molecule has 3 nitrogen and oxygen atoms in total. The van der Waals surface area contributed by atoms with E-state index in [4.69, 9.17) is 0 Å². The molecule has 0 bridgehead atoms. The zero-order chi connectivity index (χ0) is 18.6. The van der Waals surface area contributed by atoms with Crippen molar-refractivity contribution in [3.05, 3.63) is 0 Å². The quantitative estimate of drug-likeness (QED) is 0.229. The molecule has 152 valence electrons. The van der Waals surface area contributed by atoms with E-state index < -0.39 is 0 Å². The van der Waals surface area contributed by atoms with Gasteiger partial charge in [-0.25, -0.2) is 0 Å². The molecule has 3 heteroatoms. The Kier molecular flexibility index (Phi) is 18.6. The monoisotopic (exact) mass is 358 g/mol. The van der Waals surface area contributed by atoms with Crippen molar-refractivity contribution >= 4 is 0 Å². The average molecular weight is 359 g/mol. The number of nitrogens with zero attached hydrogens (tertiary/aromatic N) is 1. The van der Waals surface area contributed by atoms with E-state index >= 15 is 0 Å². The fourth-order valence-corrected chi connectivity index (χ4v) is 4.03. The first-order valence-electron chi connectivity index (χ1n) is 11.3. The van der Waals surface area contributed by atoms with Crippen LogP contribution in [0.3, 0.4) is 0 Å². The number of hydrogen-bond acceptors (Lipinski definition) is 2. The lowest BCUT2D eigenvalue weighted by molar-refractivity contribution is -0.929. The molecular weight excluding hydrogens is 310 g/mol. The molecule has 0 spiro atoms. The molecule has 0 fully saturated rings. The molecule has 0 aromatic rings. The standard InChI is InChI=1S/C22H48NO2/c1-3-5-6-7-8-9-10-11-12-13-14-15-16-18-23(17-4-2,19-21-24)20-22-25/h24-25H,3-22H2,1-2H3/q+1. The summed E-state index contributed by atoms with van der Waals surface area (Å²) in [7, 11) is 0. The largest absolute Gasteiger partial charge is 0.391 e. The highest BCUT2D eigenvalue weighted by molar-refractivity contribution is 4.51. The van der Waals surface area contributed by atoms with Gasteiger partial charge in [-0.2, -0.15) is 0 Å². The van der Waals surface area contributed by atoms with Crippen molar-refractivity contribution in [2.45, 2.75) is 104 Å². The van der Waals surface area contributed by atoms with E-state index in [0.717, 1.165) is 37.1 Å². The van der Waals surface area contributed by atoms with Gasteiger partial charge in [-0.3, -0.25) is 0 Å². The Morgan fingerprint density at radius 1 is 0.440 bits per heavy atom. The van der Waals surface area contributed by atoms with Crippen LogP contribution in [0, 0.1) is 0 Å². The van der Waals surface area contributed by atoms with Gasteiger partial charge >= 0.3 is 0 Å². The van der Waals surface area contributed by atoms with Gasteiger partial charge in [0.05, 0.1) is 26.3 Å². The topological polar surface area (TPSA) is 40.5 Å². The second-order valence-corrected chi connectivity index (χ2v) is 7.93. The Balaban J connectivity index is 3.56. The van der Waals surface area contributed by atoms with Gasteiger partial charge in [-0.05, 0) is 19.3 Å². The minimum Gasteiger partial charge on any atom is -0.391 e. The van der Waals surface area contributed by atoms with Crippen LogP contribution in [0.4, 0.5) is 0 Å². The van der Waals surface area contributed by atoms with Crippen LogP contribution < -0.4 is 0 Å². The molecular formula is C22H48NO2+. The van der Waals surface area contributed by atoms with Gasteiger partial charge in [-0.1, -0.05) is 84.5 Å². The summed E-state index contributed by atoms with van der Waals surface area (Å²) in [4.78, 5) is 0. The summed E-state index contributed by atoms with van der Waals surface area (Å²) in [6.07, 6.45) is 19.1. The van der Waals surface area contributed by atoms with Crippen LogP contribution in [0.15, 0.2) is 0 Å². The highest BCUT2D eigenvalue weighted by atomic mass is 16.3. The minimum atomic E-state index is 0.235. The number of rotatable bonds is 20. The molecule has 0 atom stereocenters. The maximum Gasteiger partial charge on any atom is 0.102 e. The number of aliphatic hydroxyl groups excluding tert-OH is 2. The zero-order valence-electron chi connectivity index (χ0n) is 17.5. The first-order chi connectivity index (χ1) is 12.2. The van der Waals surface area contributed by atoms with Gasteiger partial charge in [-0.15, -0.1) is 0 Å². The van der Waals surface area contributed by atoms with E-state index in [-0.39, 0.29) is 13.2 Å². The van der Waals surface area contributed by atoms with Crippen LogP contribution in [-0.2, 0) is 0 Å². The fraction of sp³-hybridized carbons (Fsp3) is 1.00. The highest BCUT2D eigenvalue weighted by Gasteiger charge is 2.24. The Bertz CT molecular complexity index is 241. The predicted octanol–water partition coefficient (Wildman–Crippen LogP) is 5.29. The third kappa shape index (κ3) is 14.7. The second-order valence-electron chi connectivity index (χ2n) is 7.93. The number of unbranched alkanes of at least 4 members (excludes halogenated alkanes) is 12. The molecule has 0 unspecified atom stereocenters. The zero-order valence-corrected chi connectivity index (χ0v) is 17.5. The van der Waals surface area contributed by atoms with Crippen molar-refractivity contribution in [2.24, 2.45) is 0 Å². The first-order valence-corrected chi connectivity index (χ1v) is 11.3. The van der Waals surface area contributed by atoms with Gasteiger partial charge in [0.15, 0.2) is 0 Å². The Morgan fingerprint density at radius 2 is 0.840 bits per heavy atom. The molecule has 0 aromatic carbocycles. The van der Waals surface area contributed by atoms with Crippen molar-refractivity contribution in [2.75, 3.05) is 39.4 Å². The Labute approximate surface area is 158 Å². The van der Waals surface area contributed by atoms with E-state index in [2.05, 4.69) is 13.8 Å². The molecule has 0 aliphatic carbocycles. The third-order valence-electron chi connectivity index (χ3n) is 5.58. The maximum atomic E-state index is 9.36. The molecule has 0 saturated heterocycles. The molecule has 2 N–H and O–H groups in total. The van der Waals surface area contributed by atoms with E-state index in [9.17, 15) is 10.2 Å². The highest BCUT2D eigenvalue weighted by Crippen LogP contribution is 2.15. The maximum absolute atomic E-state index is 9.36. The van der Waals surface area contributed by atoms with Crippen LogP contribution in [-0.4, -0.2) is 54.1 Å². The lowest BCUT2D eigenvalue weighted by Gasteiger charge is -2.38. The van der Waals surface area contributed by atoms with Gasteiger partial charge in [0.2, 0.25) is 0 Å². The van der Waals surface area contributed by atoms with Gasteiger partial charge in [0, 0.05) is 0 Å². The van der Waals surface area contributed by atoms with Crippen LogP contribution in [0.2, 0.25) is 0 Å². The van der Waals surface area contributed by atoms with Crippen LogP contribution >= 0.6 is 0 Å². The van der Waals surface area contributed by atoms with Gasteiger partial charge in [0.25, 0.3) is 0 Å². The van der Waals surface area contributed by atoms with Crippen LogP contribution in [0.1, 0.15) is 104 Å². The second kappa shape index (κ2) is 18.7. The molecule has 25 heavy (non-hydrogen) atoms. The van der Waals surface area contributed by atoms with Crippen molar-refractivity contribution in [1.29, 1.82) is 0 Å². The van der Waals surface area contributed by atoms with Crippen molar-refractivity contribution in [1.82, 2.24) is 0 Å². The van der Waals surface area contributed by atoms with Gasteiger partial charge < -0.3 is 14.7 Å². The van der Waals surface area contributed by atoms with E-state index in [1.807, 2.05) is 0 Å². The average Bonchev–Trinajstić information content (AvgIpc) is 2.60. The van der Waals surface area contributed by atoms with Crippen LogP contribution in [0.25, 0.3) is 0 Å². The summed E-state index contributed by atoms with van der Waals surface area (Å²) in [5.41, 5.74) is 0. The van der Waals surface area contributed by atoms with E-state index in [1.165, 1.54) is 83.5 Å². The summed E-state index contributed by atoms with van der Waals surface area (Å²) in [5, 5.41) is 18.7. The molecule has 0 heterocycles. The summed E-state index contributed by atoms with van der Waals surface area (Å²) in [5.74, 6) is 0. The van der Waals surface area contributed by atoms with Gasteiger partial charge in [0.1, 0.15) is 13.1 Å². The minimum absolute atomic E-state index is 0.235. The lowest BCUT2D eigenvalue weighted by Crippen LogP contribution is -2.52. The molecule has 0 radical (unpaired) electrons. The number of aliphatic hydroxyl groups is 2. The van der Waals surface area contributed by atoms with Crippen LogP contribution in [0.5, 0.6) is 0 Å². The molecule has 0 rings (SSSR count). The first kappa shape index (κ1) is 24.9. The number of quaternary nitrogens is 1. The number of hydrogen-bond donors (Lipinski definition) is 2.